The minimum atomic E-state index is -0.905. The summed E-state index contributed by atoms with van der Waals surface area (Å²) in [5.41, 5.74) is -0.113. The largest absolute Gasteiger partial charge is 0.310 e. The van der Waals surface area contributed by atoms with E-state index in [0.29, 0.717) is 25.1 Å². The Labute approximate surface area is 128 Å². The van der Waals surface area contributed by atoms with Crippen LogP contribution >= 0.6 is 27.3 Å². The second-order valence-electron chi connectivity index (χ2n) is 4.30. The van der Waals surface area contributed by atoms with Gasteiger partial charge in [0.05, 0.1) is 3.79 Å². The lowest BCUT2D eigenvalue weighted by Crippen LogP contribution is -2.25. The van der Waals surface area contributed by atoms with E-state index in [1.165, 1.54) is 11.3 Å². The molecule has 0 bridgehead atoms. The number of likely N-dealkylation sites (N-methyl/N-ethyl adjacent to an activating group) is 1. The molecule has 0 aliphatic rings. The van der Waals surface area contributed by atoms with Gasteiger partial charge in [0.25, 0.3) is 0 Å². The van der Waals surface area contributed by atoms with Crippen molar-refractivity contribution in [2.45, 2.75) is 19.4 Å². The minimum absolute atomic E-state index is 0.113. The lowest BCUT2D eigenvalue weighted by Gasteiger charge is -2.19. The topological polar surface area (TPSA) is 12.0 Å². The molecule has 20 heavy (non-hydrogen) atoms. The molecule has 0 fully saturated rings. The number of hydrogen-bond donors (Lipinski definition) is 1. The van der Waals surface area contributed by atoms with Crippen LogP contribution in [0.25, 0.3) is 0 Å². The van der Waals surface area contributed by atoms with Crippen molar-refractivity contribution in [2.24, 2.45) is 0 Å². The molecular weight excluding hydrogens is 351 g/mol. The highest BCUT2D eigenvalue weighted by atomic mass is 79.9. The van der Waals surface area contributed by atoms with Crippen LogP contribution < -0.4 is 5.32 Å². The lowest BCUT2D eigenvalue weighted by molar-refractivity contribution is 0.463. The van der Waals surface area contributed by atoms with Crippen LogP contribution in [-0.4, -0.2) is 6.54 Å². The molecule has 0 aliphatic carbocycles. The zero-order valence-electron chi connectivity index (χ0n) is 10.7. The Morgan fingerprint density at radius 1 is 1.20 bits per heavy atom. The molecule has 6 heteroatoms. The van der Waals surface area contributed by atoms with Gasteiger partial charge in [-0.25, -0.2) is 13.2 Å². The quantitative estimate of drug-likeness (QED) is 0.802. The van der Waals surface area contributed by atoms with Crippen LogP contribution in [0.3, 0.4) is 0 Å². The molecule has 1 atom stereocenters. The fourth-order valence-electron chi connectivity index (χ4n) is 2.07. The maximum atomic E-state index is 13.9. The number of benzene rings is 1. The molecule has 0 saturated carbocycles. The van der Waals surface area contributed by atoms with Crippen LogP contribution in [0, 0.1) is 17.5 Å². The van der Waals surface area contributed by atoms with E-state index in [0.717, 1.165) is 8.66 Å². The Hall–Kier alpha value is -0.850. The highest BCUT2D eigenvalue weighted by Gasteiger charge is 2.21. The van der Waals surface area contributed by atoms with Gasteiger partial charge in [-0.1, -0.05) is 6.92 Å². The summed E-state index contributed by atoms with van der Waals surface area (Å²) in [7, 11) is 0. The molecular formula is C14H13BrF3NS. The van der Waals surface area contributed by atoms with E-state index in [9.17, 15) is 13.2 Å². The Kier molecular flexibility index (Phi) is 5.23. The first kappa shape index (κ1) is 15.5. The SMILES string of the molecule is CCNC(Cc1ccc(Br)s1)c1c(F)cc(F)cc1F. The molecule has 1 aromatic heterocycles. The van der Waals surface area contributed by atoms with Crippen molar-refractivity contribution in [1.29, 1.82) is 0 Å². The second-order valence-corrected chi connectivity index (χ2v) is 6.85. The van der Waals surface area contributed by atoms with E-state index in [1.54, 1.807) is 0 Å². The van der Waals surface area contributed by atoms with Crippen molar-refractivity contribution in [1.82, 2.24) is 5.32 Å². The smallest absolute Gasteiger partial charge is 0.133 e. The van der Waals surface area contributed by atoms with Crippen LogP contribution in [0.1, 0.15) is 23.4 Å². The van der Waals surface area contributed by atoms with Crippen LogP contribution in [-0.2, 0) is 6.42 Å². The van der Waals surface area contributed by atoms with E-state index >= 15 is 0 Å². The average molecular weight is 364 g/mol. The van der Waals surface area contributed by atoms with Gasteiger partial charge in [-0.2, -0.15) is 0 Å². The van der Waals surface area contributed by atoms with Crippen molar-refractivity contribution in [3.05, 3.63) is 55.9 Å². The molecule has 1 unspecified atom stereocenters. The van der Waals surface area contributed by atoms with Crippen molar-refractivity contribution in [3.8, 4) is 0 Å². The van der Waals surface area contributed by atoms with Gasteiger partial charge in [0, 0.05) is 35.0 Å². The Morgan fingerprint density at radius 2 is 1.85 bits per heavy atom. The Morgan fingerprint density at radius 3 is 2.35 bits per heavy atom. The van der Waals surface area contributed by atoms with Crippen molar-refractivity contribution >= 4 is 27.3 Å². The maximum absolute atomic E-state index is 13.9. The summed E-state index contributed by atoms with van der Waals surface area (Å²) in [6.07, 6.45) is 0.448. The predicted octanol–water partition coefficient (Wildman–Crippen LogP) is 4.82. The third-order valence-electron chi connectivity index (χ3n) is 2.88. The molecule has 0 amide bonds. The minimum Gasteiger partial charge on any atom is -0.310 e. The van der Waals surface area contributed by atoms with Gasteiger partial charge in [-0.3, -0.25) is 0 Å². The third-order valence-corrected chi connectivity index (χ3v) is 4.52. The molecule has 2 aromatic rings. The van der Waals surface area contributed by atoms with Gasteiger partial charge in [0.15, 0.2) is 0 Å². The van der Waals surface area contributed by atoms with Gasteiger partial charge in [-0.15, -0.1) is 11.3 Å². The molecule has 0 saturated heterocycles. The maximum Gasteiger partial charge on any atom is 0.133 e. The fourth-order valence-corrected chi connectivity index (χ4v) is 3.60. The van der Waals surface area contributed by atoms with Gasteiger partial charge < -0.3 is 5.32 Å². The first-order chi connectivity index (χ1) is 9.51. The van der Waals surface area contributed by atoms with Crippen LogP contribution in [0.15, 0.2) is 28.1 Å². The number of halogens is 4. The normalized spacial score (nSPS) is 12.7. The molecule has 108 valence electrons. The highest BCUT2D eigenvalue weighted by Crippen LogP contribution is 2.29. The van der Waals surface area contributed by atoms with Gasteiger partial charge in [-0.05, 0) is 34.6 Å². The monoisotopic (exact) mass is 363 g/mol. The summed E-state index contributed by atoms with van der Waals surface area (Å²) in [4.78, 5) is 0.992. The second kappa shape index (κ2) is 6.74. The van der Waals surface area contributed by atoms with Crippen molar-refractivity contribution in [2.75, 3.05) is 6.54 Å². The molecule has 1 aromatic carbocycles. The number of nitrogens with one attached hydrogen (secondary N) is 1. The summed E-state index contributed by atoms with van der Waals surface area (Å²) in [6, 6.07) is 4.70. The molecule has 1 N–H and O–H groups in total. The molecule has 0 aliphatic heterocycles. The summed E-state index contributed by atoms with van der Waals surface area (Å²) >= 11 is 4.87. The standard InChI is InChI=1S/C14H13BrF3NS/c1-2-19-12(7-9-3-4-13(15)20-9)14-10(17)5-8(16)6-11(14)18/h3-6,12,19H,2,7H2,1H3. The van der Waals surface area contributed by atoms with E-state index < -0.39 is 23.5 Å². The summed E-state index contributed by atoms with van der Waals surface area (Å²) in [5.74, 6) is -2.62. The van der Waals surface area contributed by atoms with Crippen LogP contribution in [0.2, 0.25) is 0 Å². The average Bonchev–Trinajstić information content (AvgIpc) is 2.73. The zero-order chi connectivity index (χ0) is 14.7. The van der Waals surface area contributed by atoms with Crippen molar-refractivity contribution < 1.29 is 13.2 Å². The lowest BCUT2D eigenvalue weighted by atomic mass is 10.0. The van der Waals surface area contributed by atoms with E-state index in [2.05, 4.69) is 21.2 Å². The zero-order valence-corrected chi connectivity index (χ0v) is 13.1. The van der Waals surface area contributed by atoms with Gasteiger partial charge in [0.2, 0.25) is 0 Å². The van der Waals surface area contributed by atoms with Gasteiger partial charge in [0.1, 0.15) is 17.5 Å². The predicted molar refractivity (Wildman–Crippen MR) is 78.5 cm³/mol. The molecule has 1 nitrogen and oxygen atoms in total. The summed E-state index contributed by atoms with van der Waals surface area (Å²) < 4.78 is 41.7. The summed E-state index contributed by atoms with van der Waals surface area (Å²) in [6.45, 7) is 2.42. The Balaban J connectivity index is 2.33. The van der Waals surface area contributed by atoms with E-state index in [4.69, 9.17) is 0 Å². The fraction of sp³-hybridized carbons (Fsp3) is 0.286. The summed E-state index contributed by atoms with van der Waals surface area (Å²) in [5, 5.41) is 3.05. The Bertz CT molecular complexity index is 577. The van der Waals surface area contributed by atoms with Crippen molar-refractivity contribution in [3.63, 3.8) is 0 Å². The number of hydrogen-bond acceptors (Lipinski definition) is 2. The first-order valence-electron chi connectivity index (χ1n) is 6.13. The molecule has 1 heterocycles. The molecule has 2 rings (SSSR count). The van der Waals surface area contributed by atoms with Crippen LogP contribution in [0.5, 0.6) is 0 Å². The van der Waals surface area contributed by atoms with E-state index in [-0.39, 0.29) is 5.56 Å². The number of rotatable bonds is 5. The molecule has 0 spiro atoms. The highest BCUT2D eigenvalue weighted by molar-refractivity contribution is 9.11. The van der Waals surface area contributed by atoms with E-state index in [1.807, 2.05) is 19.1 Å². The molecule has 0 radical (unpaired) electrons. The first-order valence-corrected chi connectivity index (χ1v) is 7.74. The van der Waals surface area contributed by atoms with Crippen LogP contribution in [0.4, 0.5) is 13.2 Å². The van der Waals surface area contributed by atoms with Gasteiger partial charge >= 0.3 is 0 Å². The number of thiophene rings is 1. The third kappa shape index (κ3) is 3.62.